The molecular formula is C28H45O3P. The van der Waals surface area contributed by atoms with E-state index in [4.69, 9.17) is 4.52 Å². The molecule has 3 fully saturated rings. The number of hydrogen-bond donors (Lipinski definition) is 1. The van der Waals surface area contributed by atoms with Crippen molar-refractivity contribution in [1.82, 2.24) is 0 Å². The van der Waals surface area contributed by atoms with Crippen LogP contribution in [0.1, 0.15) is 86.5 Å². The Bertz CT molecular complexity index is 827. The van der Waals surface area contributed by atoms with Gasteiger partial charge in [-0.3, -0.25) is 4.57 Å². The first-order valence-electron chi connectivity index (χ1n) is 13.0. The van der Waals surface area contributed by atoms with Gasteiger partial charge in [-0.2, -0.15) is 0 Å². The van der Waals surface area contributed by atoms with E-state index in [1.807, 2.05) is 0 Å². The molecule has 9 atom stereocenters. The van der Waals surface area contributed by atoms with E-state index in [-0.39, 0.29) is 11.5 Å². The van der Waals surface area contributed by atoms with E-state index in [9.17, 15) is 9.46 Å². The molecule has 0 saturated heterocycles. The van der Waals surface area contributed by atoms with Gasteiger partial charge in [0, 0.05) is 0 Å². The maximum absolute atomic E-state index is 11.2. The van der Waals surface area contributed by atoms with Gasteiger partial charge in [-0.15, -0.1) is 0 Å². The minimum atomic E-state index is -2.86. The summed E-state index contributed by atoms with van der Waals surface area (Å²) in [5, 5.41) is 0. The maximum Gasteiger partial charge on any atom is 0.316 e. The molecule has 3 saturated carbocycles. The van der Waals surface area contributed by atoms with Gasteiger partial charge in [-0.1, -0.05) is 77.0 Å². The van der Waals surface area contributed by atoms with Crippen molar-refractivity contribution in [2.45, 2.75) is 92.6 Å². The van der Waals surface area contributed by atoms with E-state index in [2.05, 4.69) is 65.8 Å². The summed E-state index contributed by atoms with van der Waals surface area (Å²) in [5.41, 5.74) is 3.77. The van der Waals surface area contributed by atoms with Crippen molar-refractivity contribution in [3.05, 3.63) is 35.5 Å². The van der Waals surface area contributed by atoms with Crippen LogP contribution in [0.2, 0.25) is 0 Å². The molecule has 0 aliphatic heterocycles. The molecule has 4 aliphatic rings. The molecule has 4 aliphatic carbocycles. The number of allylic oxidation sites excluding steroid dienone is 5. The summed E-state index contributed by atoms with van der Waals surface area (Å²) in [5.74, 6) is 4.11. The molecule has 0 amide bonds. The Hall–Kier alpha value is -0.630. The Morgan fingerprint density at radius 2 is 1.78 bits per heavy atom. The summed E-state index contributed by atoms with van der Waals surface area (Å²) >= 11 is 0. The predicted molar refractivity (Wildman–Crippen MR) is 134 cm³/mol. The zero-order chi connectivity index (χ0) is 23.3. The second-order valence-electron chi connectivity index (χ2n) is 12.2. The molecule has 0 aromatic rings. The molecule has 0 aromatic heterocycles. The monoisotopic (exact) mass is 460 g/mol. The fourth-order valence-electron chi connectivity index (χ4n) is 7.82. The quantitative estimate of drug-likeness (QED) is 0.326. The third-order valence-corrected chi connectivity index (χ3v) is 10.8. The van der Waals surface area contributed by atoms with Crippen LogP contribution in [0, 0.1) is 46.3 Å². The Balaban J connectivity index is 1.54. The van der Waals surface area contributed by atoms with Crippen LogP contribution in [0.4, 0.5) is 0 Å². The van der Waals surface area contributed by atoms with Gasteiger partial charge in [0.15, 0.2) is 0 Å². The van der Waals surface area contributed by atoms with Crippen molar-refractivity contribution in [3.63, 3.8) is 0 Å². The summed E-state index contributed by atoms with van der Waals surface area (Å²) in [6.07, 6.45) is 17.8. The summed E-state index contributed by atoms with van der Waals surface area (Å²) < 4.78 is 16.6. The summed E-state index contributed by atoms with van der Waals surface area (Å²) in [7, 11) is -2.86. The molecular weight excluding hydrogens is 415 g/mol. The molecule has 1 unspecified atom stereocenters. The zero-order valence-electron chi connectivity index (χ0n) is 21.1. The van der Waals surface area contributed by atoms with Crippen LogP contribution in [-0.2, 0) is 9.09 Å². The van der Waals surface area contributed by atoms with Gasteiger partial charge in [0.1, 0.15) is 0 Å². The van der Waals surface area contributed by atoms with Gasteiger partial charge >= 0.3 is 8.25 Å². The van der Waals surface area contributed by atoms with Crippen molar-refractivity contribution in [3.8, 4) is 0 Å². The Morgan fingerprint density at radius 1 is 1.03 bits per heavy atom. The molecule has 32 heavy (non-hydrogen) atoms. The molecule has 180 valence electrons. The van der Waals surface area contributed by atoms with Gasteiger partial charge in [0.2, 0.25) is 0 Å². The van der Waals surface area contributed by atoms with Crippen LogP contribution < -0.4 is 0 Å². The van der Waals surface area contributed by atoms with Crippen LogP contribution >= 0.6 is 8.25 Å². The van der Waals surface area contributed by atoms with Gasteiger partial charge in [-0.05, 0) is 91.3 Å². The smallest absolute Gasteiger partial charge is 0.316 e. The van der Waals surface area contributed by atoms with Gasteiger partial charge in [-0.25, -0.2) is 0 Å². The molecule has 0 bridgehead atoms. The Morgan fingerprint density at radius 3 is 2.47 bits per heavy atom. The van der Waals surface area contributed by atoms with Crippen molar-refractivity contribution < 1.29 is 14.0 Å². The van der Waals surface area contributed by atoms with Crippen molar-refractivity contribution in [2.24, 2.45) is 46.3 Å². The van der Waals surface area contributed by atoms with E-state index >= 15 is 0 Å². The molecule has 4 heteroatoms. The van der Waals surface area contributed by atoms with Crippen LogP contribution in [0.3, 0.4) is 0 Å². The fraction of sp³-hybridized carbons (Fsp3) is 0.786. The van der Waals surface area contributed by atoms with Gasteiger partial charge in [0.25, 0.3) is 0 Å². The van der Waals surface area contributed by atoms with E-state index in [1.54, 1.807) is 5.57 Å². The maximum atomic E-state index is 11.2. The van der Waals surface area contributed by atoms with Gasteiger partial charge < -0.3 is 9.42 Å². The summed E-state index contributed by atoms with van der Waals surface area (Å²) in [4.78, 5) is 9.24. The number of fused-ring (bicyclic) bond motifs is 5. The number of hydrogen-bond acceptors (Lipinski definition) is 2. The molecule has 0 aromatic carbocycles. The molecule has 0 spiro atoms. The lowest BCUT2D eigenvalue weighted by Crippen LogP contribution is -2.46. The largest absolute Gasteiger partial charge is 0.326 e. The van der Waals surface area contributed by atoms with E-state index in [0.717, 1.165) is 25.2 Å². The van der Waals surface area contributed by atoms with E-state index < -0.39 is 8.25 Å². The lowest BCUT2D eigenvalue weighted by atomic mass is 9.50. The van der Waals surface area contributed by atoms with Crippen LogP contribution in [0.25, 0.3) is 0 Å². The highest BCUT2D eigenvalue weighted by Crippen LogP contribution is 2.66. The second-order valence-corrected chi connectivity index (χ2v) is 13.0. The van der Waals surface area contributed by atoms with Crippen LogP contribution in [-0.4, -0.2) is 11.0 Å². The summed E-state index contributed by atoms with van der Waals surface area (Å²) in [6, 6.07) is 0. The average molecular weight is 461 g/mol. The van der Waals surface area contributed by atoms with Crippen molar-refractivity contribution >= 4 is 8.25 Å². The minimum Gasteiger partial charge on any atom is -0.326 e. The predicted octanol–water partition coefficient (Wildman–Crippen LogP) is 7.74. The number of rotatable bonds is 6. The Labute approximate surface area is 196 Å². The first-order chi connectivity index (χ1) is 15.1. The second kappa shape index (κ2) is 9.20. The highest BCUT2D eigenvalue weighted by Gasteiger charge is 2.56. The highest BCUT2D eigenvalue weighted by molar-refractivity contribution is 7.32. The first-order valence-corrected chi connectivity index (χ1v) is 14.3. The zero-order valence-corrected chi connectivity index (χ0v) is 22.1. The summed E-state index contributed by atoms with van der Waals surface area (Å²) in [6.45, 7) is 14.5. The van der Waals surface area contributed by atoms with Crippen molar-refractivity contribution in [1.29, 1.82) is 0 Å². The normalized spacial score (nSPS) is 42.0. The minimum absolute atomic E-state index is 0.0914. The van der Waals surface area contributed by atoms with Crippen LogP contribution in [0.15, 0.2) is 35.5 Å². The molecule has 4 rings (SSSR count). The highest BCUT2D eigenvalue weighted by atomic mass is 31.1. The third kappa shape index (κ3) is 4.27. The first kappa shape index (κ1) is 24.5. The molecule has 0 heterocycles. The fourth-order valence-corrected chi connectivity index (χ4v) is 8.31. The lowest BCUT2D eigenvalue weighted by molar-refractivity contribution is 0.0424. The molecule has 0 radical (unpaired) electrons. The van der Waals surface area contributed by atoms with Crippen molar-refractivity contribution in [2.75, 3.05) is 0 Å². The Kier molecular flexibility index (Phi) is 7.04. The molecule has 3 nitrogen and oxygen atoms in total. The lowest BCUT2D eigenvalue weighted by Gasteiger charge is -2.55. The topological polar surface area (TPSA) is 46.5 Å². The molecule has 1 N–H and O–H groups in total. The average Bonchev–Trinajstić information content (AvgIpc) is 3.08. The van der Waals surface area contributed by atoms with E-state index in [0.29, 0.717) is 35.0 Å². The SMILES string of the molecule is CC(C)[C@@H](C)C=C[C@@H](C)[C@H]1CC[C@H]2C3=CC=C4C[C@@H](O[PH](=O)O)CC[C@]4(C)[C@H]3CC[C@]12C. The van der Waals surface area contributed by atoms with Crippen LogP contribution in [0.5, 0.6) is 0 Å². The standard InChI is InChI=1S/C28H45O3P/c1-18(2)19(3)7-8-20(4)24-11-12-25-23-10-9-21-17-22(31-32(29)30)13-15-27(21,5)26(23)14-16-28(24,25)6/h7-10,18-20,22,24-26,32H,11-17H2,1-6H3,(H,29,30)/t19-,20+,22-,24+,25-,26-,27-,28+/m0/s1. The third-order valence-electron chi connectivity index (χ3n) is 10.3. The van der Waals surface area contributed by atoms with E-state index in [1.165, 1.54) is 31.3 Å². The van der Waals surface area contributed by atoms with Gasteiger partial charge in [0.05, 0.1) is 6.10 Å².